The highest BCUT2D eigenvalue weighted by atomic mass is 32.2. The third-order valence-corrected chi connectivity index (χ3v) is 4.90. The Kier molecular flexibility index (Phi) is 5.05. The van der Waals surface area contributed by atoms with Crippen molar-refractivity contribution in [1.82, 2.24) is 14.9 Å². The number of hydrogen-bond acceptors (Lipinski definition) is 7. The fraction of sp³-hybridized carbons (Fsp3) is 0.733. The zero-order valence-electron chi connectivity index (χ0n) is 13.7. The van der Waals surface area contributed by atoms with Crippen LogP contribution in [0.4, 0.5) is 11.6 Å². The first-order chi connectivity index (χ1) is 10.7. The van der Waals surface area contributed by atoms with E-state index >= 15 is 0 Å². The van der Waals surface area contributed by atoms with Gasteiger partial charge in [0.2, 0.25) is 0 Å². The summed E-state index contributed by atoms with van der Waals surface area (Å²) < 4.78 is 5.54. The summed E-state index contributed by atoms with van der Waals surface area (Å²) in [6.07, 6.45) is 2.04. The van der Waals surface area contributed by atoms with Gasteiger partial charge < -0.3 is 19.4 Å². The first-order valence-corrected chi connectivity index (χ1v) is 9.11. The van der Waals surface area contributed by atoms with E-state index in [1.807, 2.05) is 6.26 Å². The van der Waals surface area contributed by atoms with Gasteiger partial charge in [0.05, 0.1) is 19.3 Å². The lowest BCUT2D eigenvalue weighted by Crippen LogP contribution is -2.46. The van der Waals surface area contributed by atoms with Gasteiger partial charge in [-0.2, -0.15) is 0 Å². The number of hydrogen-bond donors (Lipinski definition) is 0. The Morgan fingerprint density at radius 3 is 2.55 bits per heavy atom. The SMILES string of the molecule is CSc1nc(N2CCN(C)CC2)cc(N2CCOC[C@H]2C)n1. The summed E-state index contributed by atoms with van der Waals surface area (Å²) in [6, 6.07) is 2.51. The number of anilines is 2. The van der Waals surface area contributed by atoms with Gasteiger partial charge in [0.15, 0.2) is 5.16 Å². The number of nitrogens with zero attached hydrogens (tertiary/aromatic N) is 5. The second kappa shape index (κ2) is 7.02. The van der Waals surface area contributed by atoms with Crippen molar-refractivity contribution in [3.05, 3.63) is 6.07 Å². The second-order valence-corrected chi connectivity index (χ2v) is 6.75. The molecule has 7 heteroatoms. The van der Waals surface area contributed by atoms with E-state index in [1.165, 1.54) is 0 Å². The van der Waals surface area contributed by atoms with Crippen LogP contribution in [0, 0.1) is 0 Å². The minimum Gasteiger partial charge on any atom is -0.377 e. The van der Waals surface area contributed by atoms with E-state index in [4.69, 9.17) is 14.7 Å². The van der Waals surface area contributed by atoms with Crippen molar-refractivity contribution < 1.29 is 4.74 Å². The maximum atomic E-state index is 5.54. The molecule has 0 aromatic carbocycles. The molecule has 0 amide bonds. The highest BCUT2D eigenvalue weighted by Crippen LogP contribution is 2.25. The molecule has 122 valence electrons. The number of thioether (sulfide) groups is 1. The predicted molar refractivity (Wildman–Crippen MR) is 91.2 cm³/mol. The second-order valence-electron chi connectivity index (χ2n) is 5.98. The third-order valence-electron chi connectivity index (χ3n) is 4.35. The van der Waals surface area contributed by atoms with Crippen LogP contribution >= 0.6 is 11.8 Å². The molecule has 0 N–H and O–H groups in total. The average molecular weight is 323 g/mol. The van der Waals surface area contributed by atoms with E-state index in [-0.39, 0.29) is 0 Å². The van der Waals surface area contributed by atoms with E-state index in [2.05, 4.69) is 34.7 Å². The van der Waals surface area contributed by atoms with Gasteiger partial charge in [-0.1, -0.05) is 11.8 Å². The Labute approximate surface area is 136 Å². The van der Waals surface area contributed by atoms with Gasteiger partial charge >= 0.3 is 0 Å². The quantitative estimate of drug-likeness (QED) is 0.611. The minimum absolute atomic E-state index is 0.360. The van der Waals surface area contributed by atoms with E-state index < -0.39 is 0 Å². The van der Waals surface area contributed by atoms with Gasteiger partial charge in [0.25, 0.3) is 0 Å². The van der Waals surface area contributed by atoms with Crippen LogP contribution in [0.25, 0.3) is 0 Å². The summed E-state index contributed by atoms with van der Waals surface area (Å²) >= 11 is 1.61. The van der Waals surface area contributed by atoms with Gasteiger partial charge in [-0.05, 0) is 20.2 Å². The van der Waals surface area contributed by atoms with Crippen molar-refractivity contribution in [1.29, 1.82) is 0 Å². The molecule has 1 aromatic heterocycles. The molecule has 2 aliphatic heterocycles. The third kappa shape index (κ3) is 3.47. The lowest BCUT2D eigenvalue weighted by atomic mass is 10.2. The summed E-state index contributed by atoms with van der Waals surface area (Å²) in [4.78, 5) is 16.5. The van der Waals surface area contributed by atoms with Crippen LogP contribution in [0.15, 0.2) is 11.2 Å². The highest BCUT2D eigenvalue weighted by molar-refractivity contribution is 7.98. The normalized spacial score (nSPS) is 23.9. The first kappa shape index (κ1) is 15.8. The molecular weight excluding hydrogens is 298 g/mol. The van der Waals surface area contributed by atoms with Crippen LogP contribution in [0.5, 0.6) is 0 Å². The van der Waals surface area contributed by atoms with Crippen LogP contribution < -0.4 is 9.80 Å². The highest BCUT2D eigenvalue weighted by Gasteiger charge is 2.23. The monoisotopic (exact) mass is 323 g/mol. The van der Waals surface area contributed by atoms with Crippen molar-refractivity contribution in [3.63, 3.8) is 0 Å². The number of aromatic nitrogens is 2. The Balaban J connectivity index is 1.85. The van der Waals surface area contributed by atoms with Crippen LogP contribution in [0.2, 0.25) is 0 Å². The molecule has 1 atom stereocenters. The van der Waals surface area contributed by atoms with E-state index in [1.54, 1.807) is 11.8 Å². The molecule has 2 saturated heterocycles. The number of ether oxygens (including phenoxy) is 1. The maximum Gasteiger partial charge on any atom is 0.191 e. The molecule has 2 aliphatic rings. The van der Waals surface area contributed by atoms with Crippen LogP contribution in [-0.4, -0.2) is 80.2 Å². The molecule has 2 fully saturated rings. The van der Waals surface area contributed by atoms with Crippen molar-refractivity contribution in [2.24, 2.45) is 0 Å². The summed E-state index contributed by atoms with van der Waals surface area (Å²) in [6.45, 7) is 8.85. The standard InChI is InChI=1S/C15H25N5OS/c1-12-11-21-9-8-20(12)14-10-13(16-15(17-14)22-3)19-6-4-18(2)5-7-19/h10,12H,4-9,11H2,1-3H3/t12-/m1/s1. The Hall–Kier alpha value is -1.05. The smallest absolute Gasteiger partial charge is 0.191 e. The molecule has 6 nitrogen and oxygen atoms in total. The molecule has 0 saturated carbocycles. The molecule has 0 aliphatic carbocycles. The molecule has 1 aromatic rings. The molecule has 0 bridgehead atoms. The molecule has 0 unspecified atom stereocenters. The number of piperazine rings is 1. The van der Waals surface area contributed by atoms with E-state index in [9.17, 15) is 0 Å². The molecular formula is C15H25N5OS. The molecule has 3 rings (SSSR count). The molecule has 3 heterocycles. The lowest BCUT2D eigenvalue weighted by Gasteiger charge is -2.36. The Morgan fingerprint density at radius 1 is 1.14 bits per heavy atom. The van der Waals surface area contributed by atoms with Crippen molar-refractivity contribution in [2.75, 3.05) is 69.0 Å². The molecule has 0 spiro atoms. The summed E-state index contributed by atoms with van der Waals surface area (Å²) in [5.74, 6) is 2.09. The minimum atomic E-state index is 0.360. The maximum absolute atomic E-state index is 5.54. The van der Waals surface area contributed by atoms with Gasteiger partial charge in [-0.15, -0.1) is 0 Å². The summed E-state index contributed by atoms with van der Waals surface area (Å²) in [7, 11) is 2.17. The van der Waals surface area contributed by atoms with Crippen LogP contribution in [0.3, 0.4) is 0 Å². The topological polar surface area (TPSA) is 44.7 Å². The lowest BCUT2D eigenvalue weighted by molar-refractivity contribution is 0.0984. The number of rotatable bonds is 3. The summed E-state index contributed by atoms with van der Waals surface area (Å²) in [5, 5.41) is 0.852. The van der Waals surface area contributed by atoms with Gasteiger partial charge in [-0.25, -0.2) is 9.97 Å². The Morgan fingerprint density at radius 2 is 1.86 bits per heavy atom. The molecule has 22 heavy (non-hydrogen) atoms. The zero-order valence-corrected chi connectivity index (χ0v) is 14.5. The van der Waals surface area contributed by atoms with Gasteiger partial charge in [-0.3, -0.25) is 0 Å². The van der Waals surface area contributed by atoms with Crippen LogP contribution in [0.1, 0.15) is 6.92 Å². The van der Waals surface area contributed by atoms with Gasteiger partial charge in [0.1, 0.15) is 11.6 Å². The predicted octanol–water partition coefficient (Wildman–Crippen LogP) is 1.18. The Bertz CT molecular complexity index is 507. The van der Waals surface area contributed by atoms with E-state index in [0.717, 1.165) is 62.7 Å². The largest absolute Gasteiger partial charge is 0.377 e. The average Bonchev–Trinajstić information content (AvgIpc) is 2.55. The number of likely N-dealkylation sites (N-methyl/N-ethyl adjacent to an activating group) is 1. The van der Waals surface area contributed by atoms with Crippen molar-refractivity contribution in [2.45, 2.75) is 18.1 Å². The van der Waals surface area contributed by atoms with E-state index in [0.29, 0.717) is 6.04 Å². The zero-order chi connectivity index (χ0) is 15.5. The van der Waals surface area contributed by atoms with Crippen molar-refractivity contribution in [3.8, 4) is 0 Å². The summed E-state index contributed by atoms with van der Waals surface area (Å²) in [5.41, 5.74) is 0. The number of morpholine rings is 1. The van der Waals surface area contributed by atoms with Crippen LogP contribution in [-0.2, 0) is 4.74 Å². The molecule has 0 radical (unpaired) electrons. The fourth-order valence-corrected chi connectivity index (χ4v) is 3.27. The first-order valence-electron chi connectivity index (χ1n) is 7.88. The fourth-order valence-electron chi connectivity index (χ4n) is 2.90. The van der Waals surface area contributed by atoms with Gasteiger partial charge in [0, 0.05) is 38.8 Å². The van der Waals surface area contributed by atoms with Crippen molar-refractivity contribution >= 4 is 23.4 Å².